The molecule has 1 fully saturated rings. The van der Waals surface area contributed by atoms with Crippen molar-refractivity contribution in [3.05, 3.63) is 36.0 Å². The molecular weight excluding hydrogens is 234 g/mol. The summed E-state index contributed by atoms with van der Waals surface area (Å²) < 4.78 is 28.3. The van der Waals surface area contributed by atoms with Crippen molar-refractivity contribution in [3.63, 3.8) is 0 Å². The van der Waals surface area contributed by atoms with E-state index in [0.29, 0.717) is 0 Å². The van der Waals surface area contributed by atoms with Gasteiger partial charge in [0.15, 0.2) is 0 Å². The van der Waals surface area contributed by atoms with Gasteiger partial charge in [0.2, 0.25) is 5.92 Å². The van der Waals surface area contributed by atoms with E-state index in [1.807, 2.05) is 42.1 Å². The number of rotatable bonds is 2. The first-order chi connectivity index (χ1) is 8.46. The lowest BCUT2D eigenvalue weighted by Crippen LogP contribution is -2.53. The van der Waals surface area contributed by atoms with Gasteiger partial charge in [0, 0.05) is 43.6 Å². The Balaban J connectivity index is 2.04. The number of alkyl halides is 2. The first-order valence-electron chi connectivity index (χ1n) is 6.09. The van der Waals surface area contributed by atoms with Crippen LogP contribution in [0.4, 0.5) is 8.78 Å². The molecule has 4 heteroatoms. The fourth-order valence-corrected chi connectivity index (χ4v) is 3.02. The molecule has 0 bridgehead atoms. The Kier molecular flexibility index (Phi) is 2.29. The number of hydrogen-bond donors (Lipinski definition) is 1. The maximum Gasteiger partial charge on any atom is 0.250 e. The third-order valence-electron chi connectivity index (χ3n) is 4.08. The standard InChI is InChI=1S/C14H16F2N2/c1-18-5-4-10-6-11(2-3-12(10)18)13(9-17)7-14(15,16)8-13/h2-6H,7-9,17H2,1H3. The maximum atomic E-state index is 13.2. The molecule has 1 aromatic heterocycles. The Morgan fingerprint density at radius 2 is 2.00 bits per heavy atom. The summed E-state index contributed by atoms with van der Waals surface area (Å²) in [5.41, 5.74) is 7.25. The molecule has 0 unspecified atom stereocenters. The molecule has 1 aliphatic carbocycles. The van der Waals surface area contributed by atoms with E-state index in [1.54, 1.807) is 0 Å². The molecule has 2 nitrogen and oxygen atoms in total. The van der Waals surface area contributed by atoms with Crippen molar-refractivity contribution in [1.29, 1.82) is 0 Å². The minimum atomic E-state index is -2.55. The highest BCUT2D eigenvalue weighted by molar-refractivity contribution is 5.81. The summed E-state index contributed by atoms with van der Waals surface area (Å²) >= 11 is 0. The molecule has 0 aliphatic heterocycles. The summed E-state index contributed by atoms with van der Waals surface area (Å²) in [4.78, 5) is 0. The van der Waals surface area contributed by atoms with Crippen LogP contribution in [-0.4, -0.2) is 17.0 Å². The molecule has 0 atom stereocenters. The summed E-state index contributed by atoms with van der Waals surface area (Å²) in [5.74, 6) is -2.55. The predicted molar refractivity (Wildman–Crippen MR) is 67.8 cm³/mol. The normalized spacial score (nSPS) is 20.9. The zero-order chi connectivity index (χ0) is 13.0. The predicted octanol–water partition coefficient (Wildman–Crippen LogP) is 2.80. The maximum absolute atomic E-state index is 13.2. The molecule has 2 N–H and O–H groups in total. The molecule has 1 aliphatic rings. The van der Waals surface area contributed by atoms with Gasteiger partial charge >= 0.3 is 0 Å². The van der Waals surface area contributed by atoms with E-state index in [4.69, 9.17) is 5.73 Å². The van der Waals surface area contributed by atoms with Gasteiger partial charge in [-0.15, -0.1) is 0 Å². The second kappa shape index (κ2) is 3.54. The van der Waals surface area contributed by atoms with Gasteiger partial charge in [-0.05, 0) is 29.1 Å². The van der Waals surface area contributed by atoms with Gasteiger partial charge in [-0.1, -0.05) is 6.07 Å². The number of hydrogen-bond acceptors (Lipinski definition) is 1. The van der Waals surface area contributed by atoms with Gasteiger partial charge in [0.25, 0.3) is 0 Å². The lowest BCUT2D eigenvalue weighted by molar-refractivity contribution is -0.123. The molecule has 1 saturated carbocycles. The molecule has 1 aromatic carbocycles. The quantitative estimate of drug-likeness (QED) is 0.873. The first-order valence-corrected chi connectivity index (χ1v) is 6.09. The number of aromatic nitrogens is 1. The summed E-state index contributed by atoms with van der Waals surface area (Å²) in [5, 5.41) is 1.08. The van der Waals surface area contributed by atoms with Crippen molar-refractivity contribution in [3.8, 4) is 0 Å². The number of benzene rings is 1. The molecule has 0 radical (unpaired) electrons. The molecule has 0 amide bonds. The summed E-state index contributed by atoms with van der Waals surface area (Å²) in [6.45, 7) is 0.279. The molecule has 0 spiro atoms. The summed E-state index contributed by atoms with van der Waals surface area (Å²) in [7, 11) is 1.97. The first kappa shape index (κ1) is 11.7. The second-order valence-corrected chi connectivity index (χ2v) is 5.39. The Morgan fingerprint density at radius 1 is 1.28 bits per heavy atom. The van der Waals surface area contributed by atoms with Crippen molar-refractivity contribution in [2.75, 3.05) is 6.54 Å². The number of nitrogens with two attached hydrogens (primary N) is 1. The summed E-state index contributed by atoms with van der Waals surface area (Å²) in [6, 6.07) is 7.92. The van der Waals surface area contributed by atoms with Crippen molar-refractivity contribution < 1.29 is 8.78 Å². The summed E-state index contributed by atoms with van der Waals surface area (Å²) in [6.07, 6.45) is 1.71. The van der Waals surface area contributed by atoms with Crippen LogP contribution in [0.5, 0.6) is 0 Å². The lowest BCUT2D eigenvalue weighted by Gasteiger charge is -2.47. The number of nitrogens with zero attached hydrogens (tertiary/aromatic N) is 1. The van der Waals surface area contributed by atoms with Crippen molar-refractivity contribution >= 4 is 10.9 Å². The third-order valence-corrected chi connectivity index (χ3v) is 4.08. The molecule has 3 rings (SSSR count). The average molecular weight is 250 g/mol. The van der Waals surface area contributed by atoms with Crippen molar-refractivity contribution in [1.82, 2.24) is 4.57 Å². The van der Waals surface area contributed by atoms with Crippen molar-refractivity contribution in [2.24, 2.45) is 12.8 Å². The van der Waals surface area contributed by atoms with Gasteiger partial charge in [-0.2, -0.15) is 0 Å². The van der Waals surface area contributed by atoms with Gasteiger partial charge in [-0.25, -0.2) is 8.78 Å². The van der Waals surface area contributed by atoms with Crippen LogP contribution in [-0.2, 0) is 12.5 Å². The molecule has 0 saturated heterocycles. The molecule has 1 heterocycles. The molecule has 18 heavy (non-hydrogen) atoms. The SMILES string of the molecule is Cn1ccc2cc(C3(CN)CC(F)(F)C3)ccc21. The van der Waals surface area contributed by atoms with E-state index in [1.165, 1.54) is 0 Å². The third kappa shape index (κ3) is 1.56. The monoisotopic (exact) mass is 250 g/mol. The van der Waals surface area contributed by atoms with Crippen LogP contribution in [0, 0.1) is 0 Å². The van der Waals surface area contributed by atoms with Gasteiger partial charge in [-0.3, -0.25) is 0 Å². The lowest BCUT2D eigenvalue weighted by atomic mass is 9.62. The molecular formula is C14H16F2N2. The Bertz CT molecular complexity index is 593. The second-order valence-electron chi connectivity index (χ2n) is 5.39. The van der Waals surface area contributed by atoms with Crippen LogP contribution in [0.15, 0.2) is 30.5 Å². The van der Waals surface area contributed by atoms with Crippen LogP contribution in [0.25, 0.3) is 10.9 Å². The Morgan fingerprint density at radius 3 is 2.61 bits per heavy atom. The zero-order valence-electron chi connectivity index (χ0n) is 10.3. The fraction of sp³-hybridized carbons (Fsp3) is 0.429. The van der Waals surface area contributed by atoms with Crippen LogP contribution < -0.4 is 5.73 Å². The largest absolute Gasteiger partial charge is 0.351 e. The van der Waals surface area contributed by atoms with Gasteiger partial charge in [0.05, 0.1) is 0 Å². The molecule has 2 aromatic rings. The van der Waals surface area contributed by atoms with Crippen LogP contribution >= 0.6 is 0 Å². The zero-order valence-corrected chi connectivity index (χ0v) is 10.3. The number of aryl methyl sites for hydroxylation is 1. The number of halogens is 2. The van der Waals surface area contributed by atoms with Crippen LogP contribution in [0.2, 0.25) is 0 Å². The minimum absolute atomic E-state index is 0.130. The van der Waals surface area contributed by atoms with E-state index in [-0.39, 0.29) is 19.4 Å². The topological polar surface area (TPSA) is 30.9 Å². The number of fused-ring (bicyclic) bond motifs is 1. The molecule has 96 valence electrons. The van der Waals surface area contributed by atoms with Crippen molar-refractivity contribution in [2.45, 2.75) is 24.2 Å². The smallest absolute Gasteiger partial charge is 0.250 e. The highest BCUT2D eigenvalue weighted by atomic mass is 19.3. The van der Waals surface area contributed by atoms with E-state index in [0.717, 1.165) is 16.5 Å². The van der Waals surface area contributed by atoms with Gasteiger partial charge in [0.1, 0.15) is 0 Å². The fourth-order valence-electron chi connectivity index (χ4n) is 3.02. The van der Waals surface area contributed by atoms with E-state index in [2.05, 4.69) is 0 Å². The Hall–Kier alpha value is -1.42. The van der Waals surface area contributed by atoms with E-state index < -0.39 is 11.3 Å². The minimum Gasteiger partial charge on any atom is -0.351 e. The highest BCUT2D eigenvalue weighted by Crippen LogP contribution is 2.53. The van der Waals surface area contributed by atoms with Crippen LogP contribution in [0.3, 0.4) is 0 Å². The Labute approximate surface area is 104 Å². The average Bonchev–Trinajstić information content (AvgIpc) is 2.67. The van der Waals surface area contributed by atoms with Crippen LogP contribution in [0.1, 0.15) is 18.4 Å². The van der Waals surface area contributed by atoms with Gasteiger partial charge < -0.3 is 10.3 Å². The van der Waals surface area contributed by atoms with E-state index in [9.17, 15) is 8.78 Å². The highest BCUT2D eigenvalue weighted by Gasteiger charge is 2.56. The van der Waals surface area contributed by atoms with E-state index >= 15 is 0 Å².